The highest BCUT2D eigenvalue weighted by molar-refractivity contribution is 5.71. The molecule has 0 aliphatic carbocycles. The van der Waals surface area contributed by atoms with Crippen molar-refractivity contribution in [1.29, 1.82) is 0 Å². The van der Waals surface area contributed by atoms with E-state index in [4.69, 9.17) is 18.9 Å². The van der Waals surface area contributed by atoms with E-state index in [1.165, 1.54) is 0 Å². The first-order valence-electron chi connectivity index (χ1n) is 8.01. The molecule has 0 radical (unpaired) electrons. The van der Waals surface area contributed by atoms with Gasteiger partial charge in [0.2, 0.25) is 0 Å². The van der Waals surface area contributed by atoms with Crippen LogP contribution in [0.1, 0.15) is 44.9 Å². The lowest BCUT2D eigenvalue weighted by Gasteiger charge is -2.09. The van der Waals surface area contributed by atoms with E-state index in [0.29, 0.717) is 6.42 Å². The van der Waals surface area contributed by atoms with Gasteiger partial charge in [-0.25, -0.2) is 0 Å². The molecule has 0 aromatic carbocycles. The summed E-state index contributed by atoms with van der Waals surface area (Å²) in [5, 5.41) is 0. The lowest BCUT2D eigenvalue weighted by atomic mass is 10.1. The Hall–Kier alpha value is -1.07. The van der Waals surface area contributed by atoms with E-state index in [1.54, 1.807) is 0 Å². The summed E-state index contributed by atoms with van der Waals surface area (Å²) in [6.45, 7) is 3.73. The molecular formula is C16H26O5. The minimum absolute atomic E-state index is 0.0585. The Morgan fingerprint density at radius 3 is 2.67 bits per heavy atom. The molecule has 0 saturated carbocycles. The first-order valence-corrected chi connectivity index (χ1v) is 8.01. The molecule has 5 heteroatoms. The maximum Gasteiger partial charge on any atom is 0.306 e. The van der Waals surface area contributed by atoms with Gasteiger partial charge in [0, 0.05) is 39.1 Å². The van der Waals surface area contributed by atoms with Crippen LogP contribution < -0.4 is 0 Å². The van der Waals surface area contributed by atoms with Gasteiger partial charge in [-0.15, -0.1) is 0 Å². The summed E-state index contributed by atoms with van der Waals surface area (Å²) >= 11 is 0. The van der Waals surface area contributed by atoms with Gasteiger partial charge < -0.3 is 18.9 Å². The van der Waals surface area contributed by atoms with Crippen molar-refractivity contribution < 1.29 is 23.7 Å². The van der Waals surface area contributed by atoms with Crippen LogP contribution in [0.2, 0.25) is 0 Å². The van der Waals surface area contributed by atoms with Crippen LogP contribution in [0.15, 0.2) is 11.8 Å². The van der Waals surface area contributed by atoms with Crippen LogP contribution in [0.4, 0.5) is 0 Å². The Labute approximate surface area is 126 Å². The second-order valence-electron chi connectivity index (χ2n) is 5.43. The van der Waals surface area contributed by atoms with Crippen molar-refractivity contribution >= 4 is 5.97 Å². The summed E-state index contributed by atoms with van der Waals surface area (Å²) in [5.41, 5.74) is 0. The molecule has 2 rings (SSSR count). The van der Waals surface area contributed by atoms with E-state index in [9.17, 15) is 4.79 Å². The Kier molecular flexibility index (Phi) is 7.60. The van der Waals surface area contributed by atoms with Crippen molar-refractivity contribution in [2.45, 2.75) is 51.0 Å². The van der Waals surface area contributed by atoms with Crippen LogP contribution in [0.25, 0.3) is 0 Å². The minimum Gasteiger partial charge on any atom is -0.498 e. The first kappa shape index (κ1) is 16.3. The van der Waals surface area contributed by atoms with Gasteiger partial charge in [-0.05, 0) is 31.8 Å². The zero-order valence-corrected chi connectivity index (χ0v) is 12.7. The van der Waals surface area contributed by atoms with Gasteiger partial charge in [0.15, 0.2) is 0 Å². The summed E-state index contributed by atoms with van der Waals surface area (Å²) in [4.78, 5) is 10.9. The molecule has 0 aromatic heterocycles. The maximum atomic E-state index is 10.9. The smallest absolute Gasteiger partial charge is 0.306 e. The molecule has 1 atom stereocenters. The average Bonchev–Trinajstić information content (AvgIpc) is 3.12. The van der Waals surface area contributed by atoms with E-state index < -0.39 is 0 Å². The van der Waals surface area contributed by atoms with Crippen molar-refractivity contribution in [3.63, 3.8) is 0 Å². The number of cyclic esters (lactones) is 1. The largest absolute Gasteiger partial charge is 0.498 e. The minimum atomic E-state index is -0.0585. The third kappa shape index (κ3) is 6.96. The molecule has 21 heavy (non-hydrogen) atoms. The Balaban J connectivity index is 1.30. The summed E-state index contributed by atoms with van der Waals surface area (Å²) in [7, 11) is 0. The van der Waals surface area contributed by atoms with Crippen LogP contribution >= 0.6 is 0 Å². The molecule has 5 nitrogen and oxygen atoms in total. The molecule has 1 saturated heterocycles. The van der Waals surface area contributed by atoms with Gasteiger partial charge in [0.05, 0.1) is 19.0 Å². The average molecular weight is 298 g/mol. The van der Waals surface area contributed by atoms with Gasteiger partial charge >= 0.3 is 5.97 Å². The number of rotatable bonds is 11. The topological polar surface area (TPSA) is 54.0 Å². The van der Waals surface area contributed by atoms with Crippen LogP contribution in [-0.4, -0.2) is 45.1 Å². The molecule has 0 amide bonds. The van der Waals surface area contributed by atoms with E-state index in [0.717, 1.165) is 77.3 Å². The number of hydrogen-bond acceptors (Lipinski definition) is 5. The number of carbonyl (C=O) groups is 1. The molecule has 0 N–H and O–H groups in total. The molecule has 2 heterocycles. The lowest BCUT2D eigenvalue weighted by molar-refractivity contribution is -0.141. The van der Waals surface area contributed by atoms with E-state index >= 15 is 0 Å². The number of ether oxygens (including phenoxy) is 4. The second kappa shape index (κ2) is 9.79. The number of hydrogen-bond donors (Lipinski definition) is 0. The third-order valence-electron chi connectivity index (χ3n) is 3.63. The first-order chi connectivity index (χ1) is 10.3. The van der Waals surface area contributed by atoms with Crippen molar-refractivity contribution in [2.24, 2.45) is 0 Å². The Morgan fingerprint density at radius 2 is 1.95 bits per heavy atom. The Morgan fingerprint density at radius 1 is 1.14 bits per heavy atom. The highest BCUT2D eigenvalue weighted by Gasteiger charge is 2.22. The van der Waals surface area contributed by atoms with Crippen molar-refractivity contribution in [2.75, 3.05) is 33.0 Å². The SMILES string of the molecule is O=C1CCC(CCCOCCCOCCC2=CCCO2)O1. The summed E-state index contributed by atoms with van der Waals surface area (Å²) in [5.74, 6) is 1.01. The van der Waals surface area contributed by atoms with Crippen molar-refractivity contribution in [1.82, 2.24) is 0 Å². The Bertz CT molecular complexity index is 340. The van der Waals surface area contributed by atoms with Crippen LogP contribution in [-0.2, 0) is 23.7 Å². The van der Waals surface area contributed by atoms with Gasteiger partial charge in [-0.1, -0.05) is 0 Å². The normalized spacial score (nSPS) is 21.2. The van der Waals surface area contributed by atoms with E-state index in [1.807, 2.05) is 0 Å². The molecule has 0 bridgehead atoms. The summed E-state index contributed by atoms with van der Waals surface area (Å²) < 4.78 is 21.6. The van der Waals surface area contributed by atoms with Gasteiger partial charge in [0.1, 0.15) is 6.10 Å². The lowest BCUT2D eigenvalue weighted by Crippen LogP contribution is -2.09. The zero-order chi connectivity index (χ0) is 14.8. The fraction of sp³-hybridized carbons (Fsp3) is 0.812. The number of carbonyl (C=O) groups excluding carboxylic acids is 1. The predicted molar refractivity (Wildman–Crippen MR) is 77.9 cm³/mol. The fourth-order valence-electron chi connectivity index (χ4n) is 2.48. The molecule has 0 spiro atoms. The molecule has 1 fully saturated rings. The predicted octanol–water partition coefficient (Wildman–Crippen LogP) is 2.59. The van der Waals surface area contributed by atoms with E-state index in [2.05, 4.69) is 6.08 Å². The maximum absolute atomic E-state index is 10.9. The number of esters is 1. The molecular weight excluding hydrogens is 272 g/mol. The van der Waals surface area contributed by atoms with Crippen LogP contribution in [0, 0.1) is 0 Å². The third-order valence-corrected chi connectivity index (χ3v) is 3.63. The monoisotopic (exact) mass is 298 g/mol. The van der Waals surface area contributed by atoms with Crippen LogP contribution in [0.3, 0.4) is 0 Å². The van der Waals surface area contributed by atoms with Gasteiger partial charge in [-0.2, -0.15) is 0 Å². The quantitative estimate of drug-likeness (QED) is 0.433. The van der Waals surface area contributed by atoms with Crippen molar-refractivity contribution in [3.05, 3.63) is 11.8 Å². The molecule has 2 aliphatic heterocycles. The standard InChI is InChI=1S/C16H26O5/c17-16-7-6-15(21-16)5-1-9-18-10-3-11-19-13-8-14-4-2-12-20-14/h4,15H,1-3,5-13H2. The highest BCUT2D eigenvalue weighted by Crippen LogP contribution is 2.18. The molecule has 1 unspecified atom stereocenters. The van der Waals surface area contributed by atoms with E-state index in [-0.39, 0.29) is 12.1 Å². The fourth-order valence-corrected chi connectivity index (χ4v) is 2.48. The molecule has 2 aliphatic rings. The highest BCUT2D eigenvalue weighted by atomic mass is 16.5. The van der Waals surface area contributed by atoms with Crippen molar-refractivity contribution in [3.8, 4) is 0 Å². The summed E-state index contributed by atoms with van der Waals surface area (Å²) in [6.07, 6.45) is 8.38. The van der Waals surface area contributed by atoms with Gasteiger partial charge in [0.25, 0.3) is 0 Å². The summed E-state index contributed by atoms with van der Waals surface area (Å²) in [6, 6.07) is 0. The van der Waals surface area contributed by atoms with Crippen LogP contribution in [0.5, 0.6) is 0 Å². The molecule has 0 aromatic rings. The molecule has 120 valence electrons. The zero-order valence-electron chi connectivity index (χ0n) is 12.7. The van der Waals surface area contributed by atoms with Gasteiger partial charge in [-0.3, -0.25) is 4.79 Å². The second-order valence-corrected chi connectivity index (χ2v) is 5.43.